The largest absolute Gasteiger partial charge is 0.349 e. The maximum absolute atomic E-state index is 12.6. The zero-order valence-corrected chi connectivity index (χ0v) is 13.1. The van der Waals surface area contributed by atoms with Crippen molar-refractivity contribution >= 4 is 16.7 Å². The summed E-state index contributed by atoms with van der Waals surface area (Å²) >= 11 is 0. The van der Waals surface area contributed by atoms with Crippen molar-refractivity contribution in [1.82, 2.24) is 5.32 Å². The van der Waals surface area contributed by atoms with Gasteiger partial charge in [-0.1, -0.05) is 55.3 Å². The summed E-state index contributed by atoms with van der Waals surface area (Å²) in [6.07, 6.45) is 4.31. The van der Waals surface area contributed by atoms with E-state index in [-0.39, 0.29) is 17.4 Å². The molecule has 1 amide bonds. The van der Waals surface area contributed by atoms with E-state index < -0.39 is 0 Å². The second kappa shape index (κ2) is 6.09. The lowest BCUT2D eigenvalue weighted by molar-refractivity contribution is -0.124. The van der Waals surface area contributed by atoms with E-state index in [1.165, 1.54) is 10.8 Å². The highest BCUT2D eigenvalue weighted by atomic mass is 16.2. The number of carbonyl (C=O) groups is 1. The monoisotopic (exact) mass is 296 g/mol. The van der Waals surface area contributed by atoms with Gasteiger partial charge in [-0.2, -0.15) is 0 Å². The molecule has 116 valence electrons. The van der Waals surface area contributed by atoms with Crippen molar-refractivity contribution in [3.8, 4) is 0 Å². The Morgan fingerprint density at radius 1 is 1.18 bits per heavy atom. The minimum absolute atomic E-state index is 0.0858. The first kappa shape index (κ1) is 15.0. The molecule has 3 N–H and O–H groups in total. The minimum atomic E-state index is -0.178. The van der Waals surface area contributed by atoms with Gasteiger partial charge in [0.25, 0.3) is 0 Å². The molecule has 1 saturated carbocycles. The molecule has 0 bridgehead atoms. The van der Waals surface area contributed by atoms with E-state index in [9.17, 15) is 4.79 Å². The first-order valence-corrected chi connectivity index (χ1v) is 8.14. The number of nitrogens with one attached hydrogen (secondary N) is 1. The molecule has 1 fully saturated rings. The Morgan fingerprint density at radius 2 is 1.86 bits per heavy atom. The normalized spacial score (nSPS) is 18.3. The van der Waals surface area contributed by atoms with Gasteiger partial charge in [-0.25, -0.2) is 0 Å². The second-order valence-corrected chi connectivity index (χ2v) is 6.51. The molecular weight excluding hydrogens is 272 g/mol. The third-order valence-corrected chi connectivity index (χ3v) is 5.01. The van der Waals surface area contributed by atoms with E-state index >= 15 is 0 Å². The molecule has 0 saturated heterocycles. The van der Waals surface area contributed by atoms with Crippen LogP contribution in [0.1, 0.15) is 44.1 Å². The number of nitrogens with two attached hydrogens (primary N) is 1. The lowest BCUT2D eigenvalue weighted by atomic mass is 9.93. The molecule has 1 aliphatic rings. The Balaban J connectivity index is 1.79. The van der Waals surface area contributed by atoms with Crippen molar-refractivity contribution in [2.45, 2.75) is 44.1 Å². The summed E-state index contributed by atoms with van der Waals surface area (Å²) in [5, 5.41) is 5.60. The zero-order chi connectivity index (χ0) is 15.6. The molecule has 3 nitrogen and oxygen atoms in total. The van der Waals surface area contributed by atoms with Crippen LogP contribution in [0.2, 0.25) is 0 Å². The first-order chi connectivity index (χ1) is 10.6. The van der Waals surface area contributed by atoms with Crippen LogP contribution in [0.25, 0.3) is 10.8 Å². The number of benzene rings is 2. The Morgan fingerprint density at radius 3 is 2.55 bits per heavy atom. The standard InChI is InChI=1S/C19H24N2O/c1-14(18(22)21-19(13-20)10-4-5-11-19)16-9-8-15-6-2-3-7-17(15)12-16/h2-3,6-9,12,14H,4-5,10-11,13,20H2,1H3,(H,21,22). The van der Waals surface area contributed by atoms with Crippen LogP contribution in [-0.2, 0) is 4.79 Å². The Kier molecular flexibility index (Phi) is 4.16. The lowest BCUT2D eigenvalue weighted by Gasteiger charge is -2.30. The third-order valence-electron chi connectivity index (χ3n) is 5.01. The number of amides is 1. The van der Waals surface area contributed by atoms with Crippen molar-refractivity contribution in [3.05, 3.63) is 48.0 Å². The fourth-order valence-corrected chi connectivity index (χ4v) is 3.43. The van der Waals surface area contributed by atoms with E-state index in [2.05, 4.69) is 35.6 Å². The molecule has 0 spiro atoms. The predicted octanol–water partition coefficient (Wildman–Crippen LogP) is 3.33. The molecule has 1 atom stereocenters. The van der Waals surface area contributed by atoms with E-state index in [0.29, 0.717) is 6.54 Å². The summed E-state index contributed by atoms with van der Waals surface area (Å²) < 4.78 is 0. The molecular formula is C19H24N2O. The van der Waals surface area contributed by atoms with Gasteiger partial charge >= 0.3 is 0 Å². The van der Waals surface area contributed by atoms with Crippen LogP contribution in [0.5, 0.6) is 0 Å². The first-order valence-electron chi connectivity index (χ1n) is 8.14. The van der Waals surface area contributed by atoms with Crippen molar-refractivity contribution in [2.24, 2.45) is 5.73 Å². The molecule has 1 aliphatic carbocycles. The summed E-state index contributed by atoms with van der Waals surface area (Å²) in [6, 6.07) is 14.5. The summed E-state index contributed by atoms with van der Waals surface area (Å²) in [5.41, 5.74) is 6.79. The topological polar surface area (TPSA) is 55.1 Å². The second-order valence-electron chi connectivity index (χ2n) is 6.51. The maximum atomic E-state index is 12.6. The van der Waals surface area contributed by atoms with Gasteiger partial charge in [0.15, 0.2) is 0 Å². The van der Waals surface area contributed by atoms with E-state index in [1.807, 2.05) is 19.1 Å². The number of carbonyl (C=O) groups excluding carboxylic acids is 1. The highest BCUT2D eigenvalue weighted by Crippen LogP contribution is 2.30. The number of hydrogen-bond acceptors (Lipinski definition) is 2. The fraction of sp³-hybridized carbons (Fsp3) is 0.421. The van der Waals surface area contributed by atoms with Crippen molar-refractivity contribution in [3.63, 3.8) is 0 Å². The summed E-state index contributed by atoms with van der Waals surface area (Å²) in [7, 11) is 0. The van der Waals surface area contributed by atoms with Gasteiger partial charge in [0.05, 0.1) is 11.5 Å². The van der Waals surface area contributed by atoms with Crippen molar-refractivity contribution in [1.29, 1.82) is 0 Å². The highest BCUT2D eigenvalue weighted by Gasteiger charge is 2.35. The smallest absolute Gasteiger partial charge is 0.227 e. The van der Waals surface area contributed by atoms with Crippen LogP contribution in [0.4, 0.5) is 0 Å². The summed E-state index contributed by atoms with van der Waals surface area (Å²) in [5.74, 6) is -0.0729. The summed E-state index contributed by atoms with van der Waals surface area (Å²) in [6.45, 7) is 2.50. The Labute approximate surface area is 131 Å². The average molecular weight is 296 g/mol. The molecule has 0 heterocycles. The van der Waals surface area contributed by atoms with Gasteiger partial charge in [-0.05, 0) is 36.1 Å². The van der Waals surface area contributed by atoms with Gasteiger partial charge in [0.2, 0.25) is 5.91 Å². The highest BCUT2D eigenvalue weighted by molar-refractivity contribution is 5.88. The van der Waals surface area contributed by atoms with E-state index in [4.69, 9.17) is 5.73 Å². The van der Waals surface area contributed by atoms with Crippen LogP contribution in [0, 0.1) is 0 Å². The van der Waals surface area contributed by atoms with Crippen LogP contribution < -0.4 is 11.1 Å². The van der Waals surface area contributed by atoms with Crippen molar-refractivity contribution < 1.29 is 4.79 Å². The lowest BCUT2D eigenvalue weighted by Crippen LogP contribution is -2.52. The molecule has 3 rings (SSSR count). The molecule has 1 unspecified atom stereocenters. The third kappa shape index (κ3) is 2.86. The van der Waals surface area contributed by atoms with Gasteiger partial charge in [-0.15, -0.1) is 0 Å². The molecule has 0 radical (unpaired) electrons. The Hall–Kier alpha value is -1.87. The fourth-order valence-electron chi connectivity index (χ4n) is 3.43. The minimum Gasteiger partial charge on any atom is -0.349 e. The number of rotatable bonds is 4. The van der Waals surface area contributed by atoms with Crippen molar-refractivity contribution in [2.75, 3.05) is 6.54 Å². The van der Waals surface area contributed by atoms with Gasteiger partial charge in [0, 0.05) is 6.54 Å². The zero-order valence-electron chi connectivity index (χ0n) is 13.1. The molecule has 0 aromatic heterocycles. The molecule has 22 heavy (non-hydrogen) atoms. The maximum Gasteiger partial charge on any atom is 0.227 e. The molecule has 2 aromatic rings. The van der Waals surface area contributed by atoms with Crippen LogP contribution >= 0.6 is 0 Å². The average Bonchev–Trinajstić information content (AvgIpc) is 3.02. The van der Waals surface area contributed by atoms with Crippen LogP contribution in [-0.4, -0.2) is 18.0 Å². The van der Waals surface area contributed by atoms with E-state index in [1.54, 1.807) is 0 Å². The predicted molar refractivity (Wildman–Crippen MR) is 90.8 cm³/mol. The molecule has 0 aliphatic heterocycles. The van der Waals surface area contributed by atoms with Gasteiger partial charge in [-0.3, -0.25) is 4.79 Å². The molecule has 2 aromatic carbocycles. The van der Waals surface area contributed by atoms with Gasteiger partial charge < -0.3 is 11.1 Å². The Bertz CT molecular complexity index is 674. The molecule has 3 heteroatoms. The quantitative estimate of drug-likeness (QED) is 0.909. The summed E-state index contributed by atoms with van der Waals surface area (Å²) in [4.78, 5) is 12.6. The van der Waals surface area contributed by atoms with Crippen LogP contribution in [0.15, 0.2) is 42.5 Å². The number of hydrogen-bond donors (Lipinski definition) is 2. The van der Waals surface area contributed by atoms with E-state index in [0.717, 1.165) is 31.2 Å². The van der Waals surface area contributed by atoms with Crippen LogP contribution in [0.3, 0.4) is 0 Å². The number of fused-ring (bicyclic) bond motifs is 1. The van der Waals surface area contributed by atoms with Gasteiger partial charge in [0.1, 0.15) is 0 Å². The SMILES string of the molecule is CC(C(=O)NC1(CN)CCCC1)c1ccc2ccccc2c1.